The molecule has 13 aromatic rings. The lowest BCUT2D eigenvalue weighted by Crippen LogP contribution is -2.22. The first-order valence-electron chi connectivity index (χ1n) is 26.1. The molecule has 352 valence electrons. The number of hydrogen-bond donors (Lipinski definition) is 0. The minimum atomic E-state index is -0.343. The average Bonchev–Trinajstić information content (AvgIpc) is 3.78. The summed E-state index contributed by atoms with van der Waals surface area (Å²) in [5.74, 6) is 0. The third-order valence-electron chi connectivity index (χ3n) is 15.9. The molecule has 75 heavy (non-hydrogen) atoms. The lowest BCUT2D eigenvalue weighted by Gasteiger charge is -2.31. The second kappa shape index (κ2) is 18.2. The van der Waals surface area contributed by atoms with E-state index in [1.165, 1.54) is 110 Å². The molecule has 0 saturated carbocycles. The Labute approximate surface area is 438 Å². The van der Waals surface area contributed by atoms with Gasteiger partial charge in [0.15, 0.2) is 0 Å². The smallest absolute Gasteiger partial charge is 0.0543 e. The molecule has 1 aliphatic rings. The van der Waals surface area contributed by atoms with E-state index >= 15 is 0 Å². The first kappa shape index (κ1) is 44.2. The first-order chi connectivity index (χ1) is 37.1. The highest BCUT2D eigenvalue weighted by Crippen LogP contribution is 2.57. The second-order valence-electron chi connectivity index (χ2n) is 20.1. The molecule has 1 heteroatoms. The lowest BCUT2D eigenvalue weighted by atomic mass is 9.74. The Morgan fingerprint density at radius 3 is 1.49 bits per heavy atom. The standard InChI is InChI=1S/C74H51N/c1-74(60-26-9-4-10-27-60)68-32-16-15-31-66(68)73-69(74)33-18-34-70(73)75(61-44-41-52(42-45-61)51-35-37-53(38-36-51)58-40-39-50-19-11-12-24-56(50)47-58)62-28-17-25-57(48-62)59-43-46-64-63-29-13-14-30-65(63)71(54-20-5-2-6-21-54)72(67(64)49-59)55-22-7-3-8-23-55/h2-49H,1H3. The summed E-state index contributed by atoms with van der Waals surface area (Å²) in [6.45, 7) is 2.40. The lowest BCUT2D eigenvalue weighted by molar-refractivity contribution is 0.714. The number of benzene rings is 13. The van der Waals surface area contributed by atoms with Crippen LogP contribution < -0.4 is 4.90 Å². The Bertz CT molecular complexity index is 4270. The fraction of sp³-hybridized carbons (Fsp3) is 0.0270. The van der Waals surface area contributed by atoms with Crippen LogP contribution in [0.2, 0.25) is 0 Å². The molecule has 1 nitrogen and oxygen atoms in total. The molecule has 1 atom stereocenters. The van der Waals surface area contributed by atoms with E-state index in [2.05, 4.69) is 303 Å². The number of anilines is 3. The van der Waals surface area contributed by atoms with Gasteiger partial charge in [0.1, 0.15) is 0 Å². The Morgan fingerprint density at radius 1 is 0.267 bits per heavy atom. The van der Waals surface area contributed by atoms with Crippen molar-refractivity contribution in [2.75, 3.05) is 4.90 Å². The van der Waals surface area contributed by atoms with E-state index in [1.807, 2.05) is 0 Å². The molecule has 0 heterocycles. The average molecular weight is 954 g/mol. The van der Waals surface area contributed by atoms with Crippen molar-refractivity contribution < 1.29 is 0 Å². The van der Waals surface area contributed by atoms with E-state index in [9.17, 15) is 0 Å². The number of rotatable bonds is 9. The summed E-state index contributed by atoms with van der Waals surface area (Å²) in [4.78, 5) is 2.49. The molecule has 0 amide bonds. The van der Waals surface area contributed by atoms with Crippen LogP contribution in [0.15, 0.2) is 291 Å². The first-order valence-corrected chi connectivity index (χ1v) is 26.1. The van der Waals surface area contributed by atoms with Gasteiger partial charge in [-0.3, -0.25) is 0 Å². The van der Waals surface area contributed by atoms with Crippen molar-refractivity contribution in [2.45, 2.75) is 12.3 Å². The van der Waals surface area contributed by atoms with Crippen molar-refractivity contribution >= 4 is 49.4 Å². The maximum Gasteiger partial charge on any atom is 0.0543 e. The van der Waals surface area contributed by atoms with Gasteiger partial charge >= 0.3 is 0 Å². The highest BCUT2D eigenvalue weighted by molar-refractivity contribution is 6.22. The Hall–Kier alpha value is -9.56. The van der Waals surface area contributed by atoms with Gasteiger partial charge in [-0.25, -0.2) is 0 Å². The zero-order valence-corrected chi connectivity index (χ0v) is 41.7. The van der Waals surface area contributed by atoms with Gasteiger partial charge < -0.3 is 4.90 Å². The van der Waals surface area contributed by atoms with E-state index in [1.54, 1.807) is 0 Å². The van der Waals surface area contributed by atoms with Crippen molar-refractivity contribution in [2.24, 2.45) is 0 Å². The second-order valence-corrected chi connectivity index (χ2v) is 20.1. The summed E-state index contributed by atoms with van der Waals surface area (Å²) in [5.41, 5.74) is 21.4. The van der Waals surface area contributed by atoms with Gasteiger partial charge in [-0.15, -0.1) is 0 Å². The van der Waals surface area contributed by atoms with Gasteiger partial charge in [-0.2, -0.15) is 0 Å². The molecule has 0 aliphatic heterocycles. The normalized spacial score (nSPS) is 13.7. The molecule has 1 aliphatic carbocycles. The zero-order chi connectivity index (χ0) is 49.9. The molecule has 0 N–H and O–H groups in total. The third kappa shape index (κ3) is 7.47. The van der Waals surface area contributed by atoms with Crippen molar-refractivity contribution in [1.82, 2.24) is 0 Å². The van der Waals surface area contributed by atoms with Gasteiger partial charge in [-0.05, 0) is 160 Å². The largest absolute Gasteiger partial charge is 0.310 e. The molecule has 0 radical (unpaired) electrons. The van der Waals surface area contributed by atoms with Gasteiger partial charge in [0.25, 0.3) is 0 Å². The van der Waals surface area contributed by atoms with Crippen LogP contribution in [0.1, 0.15) is 23.6 Å². The van der Waals surface area contributed by atoms with Crippen molar-refractivity contribution in [3.63, 3.8) is 0 Å². The van der Waals surface area contributed by atoms with Crippen LogP contribution in [0, 0.1) is 0 Å². The van der Waals surface area contributed by atoms with E-state index in [-0.39, 0.29) is 5.41 Å². The monoisotopic (exact) mass is 953 g/mol. The Balaban J connectivity index is 0.931. The molecule has 13 aromatic carbocycles. The van der Waals surface area contributed by atoms with Crippen molar-refractivity contribution in [1.29, 1.82) is 0 Å². The molecule has 0 aromatic heterocycles. The summed E-state index contributed by atoms with van der Waals surface area (Å²) in [5, 5.41) is 7.49. The van der Waals surface area contributed by atoms with Crippen molar-refractivity contribution in [3.05, 3.63) is 308 Å². The quantitative estimate of drug-likeness (QED) is 0.130. The minimum absolute atomic E-state index is 0.343. The topological polar surface area (TPSA) is 3.24 Å². The van der Waals surface area contributed by atoms with E-state index in [0.717, 1.165) is 22.6 Å². The molecule has 0 saturated heterocycles. The molecule has 1 unspecified atom stereocenters. The van der Waals surface area contributed by atoms with E-state index in [0.29, 0.717) is 0 Å². The summed E-state index contributed by atoms with van der Waals surface area (Å²) in [6, 6.07) is 107. The van der Waals surface area contributed by atoms with Gasteiger partial charge in [0.2, 0.25) is 0 Å². The zero-order valence-electron chi connectivity index (χ0n) is 41.7. The van der Waals surface area contributed by atoms with E-state index < -0.39 is 0 Å². The highest BCUT2D eigenvalue weighted by Gasteiger charge is 2.42. The van der Waals surface area contributed by atoms with Crippen LogP contribution in [0.25, 0.3) is 99.1 Å². The maximum atomic E-state index is 2.49. The van der Waals surface area contributed by atoms with E-state index in [4.69, 9.17) is 0 Å². The minimum Gasteiger partial charge on any atom is -0.310 e. The highest BCUT2D eigenvalue weighted by atomic mass is 15.1. The van der Waals surface area contributed by atoms with Gasteiger partial charge in [0.05, 0.1) is 5.69 Å². The summed E-state index contributed by atoms with van der Waals surface area (Å²) >= 11 is 0. The summed E-state index contributed by atoms with van der Waals surface area (Å²) in [6.07, 6.45) is 0. The molecular formula is C74H51N. The molecule has 14 rings (SSSR count). The number of fused-ring (bicyclic) bond motifs is 7. The molecule has 0 bridgehead atoms. The molecular weight excluding hydrogens is 903 g/mol. The SMILES string of the molecule is CC1(c2ccccc2)c2ccccc2-c2c(N(c3ccc(-c4ccc(-c5ccc6ccccc6c5)cc4)cc3)c3cccc(-c4ccc5c(c4)c(-c4ccccc4)c(-c4ccccc4)c4ccccc45)c3)cccc21. The maximum absolute atomic E-state index is 2.49. The van der Waals surface area contributed by atoms with Crippen LogP contribution >= 0.6 is 0 Å². The fourth-order valence-corrected chi connectivity index (χ4v) is 12.2. The van der Waals surface area contributed by atoms with Crippen molar-refractivity contribution in [3.8, 4) is 66.8 Å². The van der Waals surface area contributed by atoms with Gasteiger partial charge in [-0.1, -0.05) is 249 Å². The number of hydrogen-bond acceptors (Lipinski definition) is 1. The fourth-order valence-electron chi connectivity index (χ4n) is 12.2. The predicted molar refractivity (Wildman–Crippen MR) is 318 cm³/mol. The third-order valence-corrected chi connectivity index (χ3v) is 15.9. The van der Waals surface area contributed by atoms with Crippen LogP contribution in [0.5, 0.6) is 0 Å². The number of nitrogens with zero attached hydrogens (tertiary/aromatic N) is 1. The molecule has 0 spiro atoms. The summed E-state index contributed by atoms with van der Waals surface area (Å²) in [7, 11) is 0. The Morgan fingerprint density at radius 2 is 0.760 bits per heavy atom. The Kier molecular flexibility index (Phi) is 10.7. The van der Waals surface area contributed by atoms with Gasteiger partial charge in [0, 0.05) is 22.4 Å². The molecule has 0 fully saturated rings. The van der Waals surface area contributed by atoms with Crippen LogP contribution in [-0.2, 0) is 5.41 Å². The van der Waals surface area contributed by atoms with Crippen LogP contribution in [0.3, 0.4) is 0 Å². The predicted octanol–water partition coefficient (Wildman–Crippen LogP) is 20.3. The summed E-state index contributed by atoms with van der Waals surface area (Å²) < 4.78 is 0. The van der Waals surface area contributed by atoms with Crippen LogP contribution in [0.4, 0.5) is 17.1 Å². The van der Waals surface area contributed by atoms with Crippen LogP contribution in [-0.4, -0.2) is 0 Å².